The number of nitrogens with zero attached hydrogens (tertiary/aromatic N) is 1. The van der Waals surface area contributed by atoms with Gasteiger partial charge in [-0.3, -0.25) is 4.79 Å². The van der Waals surface area contributed by atoms with E-state index in [-0.39, 0.29) is 5.91 Å². The zero-order valence-corrected chi connectivity index (χ0v) is 12.9. The molecule has 1 aromatic heterocycles. The van der Waals surface area contributed by atoms with Crippen LogP contribution in [-0.4, -0.2) is 37.2 Å². The Balaban J connectivity index is 1.81. The minimum absolute atomic E-state index is 0.0707. The Morgan fingerprint density at radius 2 is 2.14 bits per heavy atom. The van der Waals surface area contributed by atoms with E-state index < -0.39 is 0 Å². The molecule has 1 aliphatic rings. The highest BCUT2D eigenvalue weighted by Crippen LogP contribution is 2.20. The lowest BCUT2D eigenvalue weighted by Crippen LogP contribution is -2.28. The molecule has 0 aromatic carbocycles. The minimum atomic E-state index is -0.0707. The predicted octanol–water partition coefficient (Wildman–Crippen LogP) is 2.37. The smallest absolute Gasteiger partial charge is 0.251 e. The molecular formula is C16H25N3O2. The fourth-order valence-electron chi connectivity index (χ4n) is 2.58. The fraction of sp³-hybridized carbons (Fsp3) is 0.625. The number of pyridine rings is 1. The summed E-state index contributed by atoms with van der Waals surface area (Å²) < 4.78 is 5.74. The van der Waals surface area contributed by atoms with Crippen LogP contribution in [-0.2, 0) is 11.2 Å². The van der Waals surface area contributed by atoms with E-state index in [0.717, 1.165) is 30.8 Å². The van der Waals surface area contributed by atoms with Crippen LogP contribution in [0.5, 0.6) is 0 Å². The maximum Gasteiger partial charge on any atom is 0.251 e. The molecule has 1 saturated carbocycles. The molecule has 1 amide bonds. The molecule has 0 unspecified atom stereocenters. The third-order valence-electron chi connectivity index (χ3n) is 3.80. The first-order chi connectivity index (χ1) is 10.2. The van der Waals surface area contributed by atoms with Crippen LogP contribution >= 0.6 is 0 Å². The second-order valence-corrected chi connectivity index (χ2v) is 5.37. The first kappa shape index (κ1) is 15.8. The number of aryl methyl sites for hydroxylation is 1. The summed E-state index contributed by atoms with van der Waals surface area (Å²) >= 11 is 0. The molecule has 0 radical (unpaired) electrons. The number of rotatable bonds is 7. The number of carbonyl (C=O) groups excluding carboxylic acids is 1. The van der Waals surface area contributed by atoms with Gasteiger partial charge in [0.25, 0.3) is 5.91 Å². The van der Waals surface area contributed by atoms with Gasteiger partial charge in [0.05, 0.1) is 12.7 Å². The maximum atomic E-state index is 12.2. The van der Waals surface area contributed by atoms with Crippen LogP contribution in [0.1, 0.15) is 48.7 Å². The van der Waals surface area contributed by atoms with Crippen molar-refractivity contribution in [2.45, 2.75) is 45.1 Å². The van der Waals surface area contributed by atoms with E-state index in [1.807, 2.05) is 13.0 Å². The average Bonchev–Trinajstić information content (AvgIpc) is 3.04. The summed E-state index contributed by atoms with van der Waals surface area (Å²) in [5.74, 6) is 0.653. The summed E-state index contributed by atoms with van der Waals surface area (Å²) in [6.07, 6.45) is 6.04. The maximum absolute atomic E-state index is 12.2. The third kappa shape index (κ3) is 4.70. The Labute approximate surface area is 126 Å². The summed E-state index contributed by atoms with van der Waals surface area (Å²) in [7, 11) is 1.80. The number of carbonyl (C=O) groups is 1. The monoisotopic (exact) mass is 291 g/mol. The van der Waals surface area contributed by atoms with Crippen molar-refractivity contribution in [2.24, 2.45) is 0 Å². The van der Waals surface area contributed by atoms with Crippen LogP contribution in [0, 0.1) is 0 Å². The fourth-order valence-corrected chi connectivity index (χ4v) is 2.58. The lowest BCUT2D eigenvalue weighted by molar-refractivity contribution is 0.0582. The van der Waals surface area contributed by atoms with E-state index in [2.05, 4.69) is 15.6 Å². The van der Waals surface area contributed by atoms with Crippen LogP contribution in [0.25, 0.3) is 0 Å². The van der Waals surface area contributed by atoms with Gasteiger partial charge >= 0.3 is 0 Å². The molecule has 0 saturated heterocycles. The van der Waals surface area contributed by atoms with Gasteiger partial charge in [0.2, 0.25) is 0 Å². The van der Waals surface area contributed by atoms with E-state index in [1.165, 1.54) is 12.8 Å². The molecule has 116 valence electrons. The van der Waals surface area contributed by atoms with Gasteiger partial charge in [-0.15, -0.1) is 0 Å². The number of anilines is 1. The highest BCUT2D eigenvalue weighted by molar-refractivity contribution is 5.95. The van der Waals surface area contributed by atoms with Gasteiger partial charge in [0.15, 0.2) is 0 Å². The molecule has 1 fully saturated rings. The molecule has 0 bridgehead atoms. The third-order valence-corrected chi connectivity index (χ3v) is 3.80. The van der Waals surface area contributed by atoms with Crippen LogP contribution < -0.4 is 10.6 Å². The molecule has 1 aliphatic carbocycles. The predicted molar refractivity (Wildman–Crippen MR) is 83.7 cm³/mol. The zero-order chi connectivity index (χ0) is 15.1. The number of hydrogen-bond donors (Lipinski definition) is 2. The van der Waals surface area contributed by atoms with Gasteiger partial charge in [-0.05, 0) is 31.4 Å². The van der Waals surface area contributed by atoms with E-state index in [0.29, 0.717) is 24.8 Å². The SMILES string of the molecule is CCc1cc(C(=O)NCCOC2CCCC2)cc(NC)n1. The average molecular weight is 291 g/mol. The van der Waals surface area contributed by atoms with Gasteiger partial charge in [-0.2, -0.15) is 0 Å². The Hall–Kier alpha value is -1.62. The zero-order valence-electron chi connectivity index (χ0n) is 12.9. The van der Waals surface area contributed by atoms with Gasteiger partial charge in [0, 0.05) is 24.8 Å². The largest absolute Gasteiger partial charge is 0.376 e. The summed E-state index contributed by atoms with van der Waals surface area (Å²) in [6, 6.07) is 3.61. The van der Waals surface area contributed by atoms with Crippen molar-refractivity contribution >= 4 is 11.7 Å². The minimum Gasteiger partial charge on any atom is -0.376 e. The highest BCUT2D eigenvalue weighted by Gasteiger charge is 2.15. The van der Waals surface area contributed by atoms with Gasteiger partial charge in [-0.25, -0.2) is 4.98 Å². The first-order valence-corrected chi connectivity index (χ1v) is 7.81. The van der Waals surface area contributed by atoms with Crippen LogP contribution in [0.3, 0.4) is 0 Å². The van der Waals surface area contributed by atoms with Gasteiger partial charge in [-0.1, -0.05) is 19.8 Å². The Morgan fingerprint density at radius 3 is 2.81 bits per heavy atom. The molecule has 5 nitrogen and oxygen atoms in total. The first-order valence-electron chi connectivity index (χ1n) is 7.81. The molecule has 1 aromatic rings. The molecule has 2 rings (SSSR count). The molecule has 0 atom stereocenters. The van der Waals surface area contributed by atoms with Gasteiger partial charge < -0.3 is 15.4 Å². The molecular weight excluding hydrogens is 266 g/mol. The molecule has 1 heterocycles. The second kappa shape index (κ2) is 7.98. The molecule has 0 aliphatic heterocycles. The Morgan fingerprint density at radius 1 is 1.38 bits per heavy atom. The number of nitrogens with one attached hydrogen (secondary N) is 2. The van der Waals surface area contributed by atoms with Crippen molar-refractivity contribution in [3.63, 3.8) is 0 Å². The lowest BCUT2D eigenvalue weighted by atomic mass is 10.2. The van der Waals surface area contributed by atoms with Gasteiger partial charge in [0.1, 0.15) is 5.82 Å². The number of aromatic nitrogens is 1. The lowest BCUT2D eigenvalue weighted by Gasteiger charge is -2.12. The quantitative estimate of drug-likeness (QED) is 0.757. The molecule has 5 heteroatoms. The van der Waals surface area contributed by atoms with Crippen LogP contribution in [0.15, 0.2) is 12.1 Å². The number of amides is 1. The van der Waals surface area contributed by atoms with Crippen molar-refractivity contribution < 1.29 is 9.53 Å². The second-order valence-electron chi connectivity index (χ2n) is 5.37. The Bertz CT molecular complexity index is 448. The van der Waals surface area contributed by atoms with E-state index in [4.69, 9.17) is 4.74 Å². The van der Waals surface area contributed by atoms with E-state index in [1.54, 1.807) is 13.1 Å². The molecule has 0 spiro atoms. The standard InChI is InChI=1S/C16H25N3O2/c1-3-13-10-12(11-15(17-2)19-13)16(20)18-8-9-21-14-6-4-5-7-14/h10-11,14H,3-9H2,1-2H3,(H,17,19)(H,18,20). The van der Waals surface area contributed by atoms with Crippen molar-refractivity contribution in [2.75, 3.05) is 25.5 Å². The van der Waals surface area contributed by atoms with E-state index >= 15 is 0 Å². The molecule has 2 N–H and O–H groups in total. The highest BCUT2D eigenvalue weighted by atomic mass is 16.5. The van der Waals surface area contributed by atoms with Crippen LogP contribution in [0.2, 0.25) is 0 Å². The summed E-state index contributed by atoms with van der Waals surface area (Å²) in [6.45, 7) is 3.16. The van der Waals surface area contributed by atoms with E-state index in [9.17, 15) is 4.79 Å². The number of hydrogen-bond acceptors (Lipinski definition) is 4. The summed E-state index contributed by atoms with van der Waals surface area (Å²) in [5, 5.41) is 5.89. The normalized spacial score (nSPS) is 15.1. The van der Waals surface area contributed by atoms with Crippen molar-refractivity contribution in [3.8, 4) is 0 Å². The van der Waals surface area contributed by atoms with Crippen LogP contribution in [0.4, 0.5) is 5.82 Å². The van der Waals surface area contributed by atoms with Crippen molar-refractivity contribution in [3.05, 3.63) is 23.4 Å². The Kier molecular flexibility index (Phi) is 5.99. The number of ether oxygens (including phenoxy) is 1. The summed E-state index contributed by atoms with van der Waals surface area (Å²) in [5.41, 5.74) is 1.56. The topological polar surface area (TPSA) is 63.2 Å². The van der Waals surface area contributed by atoms with Crippen molar-refractivity contribution in [1.29, 1.82) is 0 Å². The molecule has 21 heavy (non-hydrogen) atoms. The summed E-state index contributed by atoms with van der Waals surface area (Å²) in [4.78, 5) is 16.5. The van der Waals surface area contributed by atoms with Crippen molar-refractivity contribution in [1.82, 2.24) is 10.3 Å².